The summed E-state index contributed by atoms with van der Waals surface area (Å²) in [6, 6.07) is 15.4. The lowest BCUT2D eigenvalue weighted by Crippen LogP contribution is -2.29. The number of fused-ring (bicyclic) bond motifs is 1. The summed E-state index contributed by atoms with van der Waals surface area (Å²) in [4.78, 5) is 4.52. The number of thiazole rings is 1. The summed E-state index contributed by atoms with van der Waals surface area (Å²) in [7, 11) is 3.22. The lowest BCUT2D eigenvalue weighted by molar-refractivity contribution is 0.384. The maximum atomic E-state index is 8.17. The van der Waals surface area contributed by atoms with Crippen molar-refractivity contribution < 1.29 is 13.9 Å². The number of hydrogen-bond acceptors (Lipinski definition) is 6. The van der Waals surface area contributed by atoms with Gasteiger partial charge in [-0.05, 0) is 24.3 Å². The third kappa shape index (κ3) is 4.02. The number of rotatable bonds is 6. The summed E-state index contributed by atoms with van der Waals surface area (Å²) in [5.41, 5.74) is 2.39. The van der Waals surface area contributed by atoms with E-state index in [4.69, 9.17) is 19.3 Å². The largest absolute Gasteiger partial charge is 0.496 e. The molecule has 4 rings (SSSR count). The molecule has 0 fully saturated rings. The summed E-state index contributed by atoms with van der Waals surface area (Å²) < 4.78 is 16.6. The predicted molar refractivity (Wildman–Crippen MR) is 115 cm³/mol. The van der Waals surface area contributed by atoms with Gasteiger partial charge in [0.15, 0.2) is 16.9 Å². The smallest absolute Gasteiger partial charge is 0.195 e. The molecule has 0 radical (unpaired) electrons. The Morgan fingerprint density at radius 3 is 2.59 bits per heavy atom. The Bertz CT molecular complexity index is 1100. The Kier molecular flexibility index (Phi) is 5.35. The molecule has 4 aromatic rings. The molecule has 2 aromatic carbocycles. The zero-order valence-corrected chi connectivity index (χ0v) is 16.8. The molecule has 0 aliphatic rings. The Balaban J connectivity index is 1.42. The molecule has 2 aromatic heterocycles. The molecule has 148 valence electrons. The van der Waals surface area contributed by atoms with Gasteiger partial charge in [-0.1, -0.05) is 24.3 Å². The molecule has 0 aliphatic carbocycles. The van der Waals surface area contributed by atoms with Crippen molar-refractivity contribution in [3.8, 4) is 23.0 Å². The number of methoxy groups -OCH3 is 2. The first kappa shape index (κ1) is 18.8. The van der Waals surface area contributed by atoms with Gasteiger partial charge >= 0.3 is 0 Å². The van der Waals surface area contributed by atoms with Crippen molar-refractivity contribution in [1.29, 1.82) is 5.41 Å². The molecular weight excluding hydrogens is 388 g/mol. The van der Waals surface area contributed by atoms with E-state index in [1.165, 1.54) is 11.3 Å². The molecule has 7 nitrogen and oxygen atoms in total. The minimum absolute atomic E-state index is 0.128. The third-order valence-electron chi connectivity index (χ3n) is 4.39. The van der Waals surface area contributed by atoms with Gasteiger partial charge in [0.05, 0.1) is 26.3 Å². The van der Waals surface area contributed by atoms with Crippen molar-refractivity contribution >= 4 is 33.4 Å². The van der Waals surface area contributed by atoms with E-state index in [0.29, 0.717) is 28.9 Å². The standard InChI is InChI=1S/C21H20N4O3S/c1-26-17-8-5-9-18(27-2)14(17)11-23-20(22)25-21-24-15(12-29-21)19-10-13-6-3-4-7-16(13)28-19/h3-10,12H,11H2,1-2H3,(H3,22,23,24,25). The number of nitrogens with one attached hydrogen (secondary N) is 3. The van der Waals surface area contributed by atoms with Crippen molar-refractivity contribution in [3.63, 3.8) is 0 Å². The normalized spacial score (nSPS) is 10.7. The topological polar surface area (TPSA) is 92.4 Å². The van der Waals surface area contributed by atoms with Crippen LogP contribution in [0.4, 0.5) is 5.13 Å². The number of nitrogens with zero attached hydrogens (tertiary/aromatic N) is 1. The molecule has 8 heteroatoms. The average Bonchev–Trinajstić information content (AvgIpc) is 3.38. The number of ether oxygens (including phenoxy) is 2. The average molecular weight is 408 g/mol. The van der Waals surface area contributed by atoms with E-state index in [1.54, 1.807) is 14.2 Å². The van der Waals surface area contributed by atoms with E-state index in [0.717, 1.165) is 22.2 Å². The zero-order chi connectivity index (χ0) is 20.2. The van der Waals surface area contributed by atoms with Crippen LogP contribution in [0, 0.1) is 5.41 Å². The highest BCUT2D eigenvalue weighted by Crippen LogP contribution is 2.30. The molecule has 0 amide bonds. The Morgan fingerprint density at radius 1 is 1.10 bits per heavy atom. The summed E-state index contributed by atoms with van der Waals surface area (Å²) in [6.07, 6.45) is 0. The number of aromatic nitrogens is 1. The van der Waals surface area contributed by atoms with Crippen LogP contribution >= 0.6 is 11.3 Å². The number of furan rings is 1. The lowest BCUT2D eigenvalue weighted by Gasteiger charge is -2.14. The molecule has 0 unspecified atom stereocenters. The van der Waals surface area contributed by atoms with Crippen LogP contribution in [0.2, 0.25) is 0 Å². The summed E-state index contributed by atoms with van der Waals surface area (Å²) in [5.74, 6) is 2.23. The fourth-order valence-corrected chi connectivity index (χ4v) is 3.69. The summed E-state index contributed by atoms with van der Waals surface area (Å²) in [5, 5.41) is 17.7. The van der Waals surface area contributed by atoms with Crippen LogP contribution in [-0.4, -0.2) is 25.2 Å². The number of benzene rings is 2. The summed E-state index contributed by atoms with van der Waals surface area (Å²) >= 11 is 1.41. The van der Waals surface area contributed by atoms with Crippen LogP contribution in [0.1, 0.15) is 5.56 Å². The minimum Gasteiger partial charge on any atom is -0.496 e. The van der Waals surface area contributed by atoms with Crippen LogP contribution in [0.3, 0.4) is 0 Å². The molecule has 3 N–H and O–H groups in total. The molecule has 0 spiro atoms. The van der Waals surface area contributed by atoms with Crippen LogP contribution in [0.5, 0.6) is 11.5 Å². The van der Waals surface area contributed by atoms with Crippen molar-refractivity contribution in [2.75, 3.05) is 19.5 Å². The summed E-state index contributed by atoms with van der Waals surface area (Å²) in [6.45, 7) is 0.376. The van der Waals surface area contributed by atoms with E-state index >= 15 is 0 Å². The van der Waals surface area contributed by atoms with Crippen molar-refractivity contribution in [1.82, 2.24) is 10.3 Å². The van der Waals surface area contributed by atoms with E-state index in [1.807, 2.05) is 53.9 Å². The van der Waals surface area contributed by atoms with Crippen molar-refractivity contribution in [2.24, 2.45) is 0 Å². The number of hydrogen-bond donors (Lipinski definition) is 3. The first-order valence-corrected chi connectivity index (χ1v) is 9.79. The lowest BCUT2D eigenvalue weighted by atomic mass is 10.1. The molecule has 0 saturated carbocycles. The maximum Gasteiger partial charge on any atom is 0.195 e. The van der Waals surface area contributed by atoms with Gasteiger partial charge in [-0.2, -0.15) is 0 Å². The molecule has 2 heterocycles. The van der Waals surface area contributed by atoms with E-state index in [2.05, 4.69) is 15.6 Å². The maximum absolute atomic E-state index is 8.17. The first-order valence-electron chi connectivity index (χ1n) is 8.91. The fraction of sp³-hybridized carbons (Fsp3) is 0.143. The second-order valence-corrected chi connectivity index (χ2v) is 7.04. The third-order valence-corrected chi connectivity index (χ3v) is 5.14. The molecule has 0 saturated heterocycles. The van der Waals surface area contributed by atoms with Crippen molar-refractivity contribution in [2.45, 2.75) is 6.54 Å². The molecule has 0 aliphatic heterocycles. The van der Waals surface area contributed by atoms with Gasteiger partial charge in [0.25, 0.3) is 0 Å². The van der Waals surface area contributed by atoms with Gasteiger partial charge in [0, 0.05) is 10.8 Å². The van der Waals surface area contributed by atoms with Gasteiger partial charge in [-0.25, -0.2) is 4.98 Å². The monoisotopic (exact) mass is 408 g/mol. The minimum atomic E-state index is 0.128. The molecular formula is C21H20N4O3S. The molecule has 29 heavy (non-hydrogen) atoms. The van der Waals surface area contributed by atoms with E-state index < -0.39 is 0 Å². The second-order valence-electron chi connectivity index (χ2n) is 6.18. The first-order chi connectivity index (χ1) is 14.2. The van der Waals surface area contributed by atoms with Crippen LogP contribution < -0.4 is 20.1 Å². The van der Waals surface area contributed by atoms with Crippen LogP contribution in [-0.2, 0) is 6.54 Å². The zero-order valence-electron chi connectivity index (χ0n) is 16.0. The quantitative estimate of drug-likeness (QED) is 0.316. The Hall–Kier alpha value is -3.52. The van der Waals surface area contributed by atoms with Crippen molar-refractivity contribution in [3.05, 3.63) is 59.5 Å². The van der Waals surface area contributed by atoms with Gasteiger partial charge in [-0.3, -0.25) is 5.41 Å². The van der Waals surface area contributed by atoms with E-state index in [9.17, 15) is 0 Å². The van der Waals surface area contributed by atoms with Gasteiger partial charge < -0.3 is 24.5 Å². The highest BCUT2D eigenvalue weighted by atomic mass is 32.1. The fourth-order valence-electron chi connectivity index (χ4n) is 2.98. The molecule has 0 bridgehead atoms. The number of guanidine groups is 1. The highest BCUT2D eigenvalue weighted by molar-refractivity contribution is 7.14. The highest BCUT2D eigenvalue weighted by Gasteiger charge is 2.13. The predicted octanol–water partition coefficient (Wildman–Crippen LogP) is 4.71. The SMILES string of the molecule is COc1cccc(OC)c1CNC(=N)Nc1nc(-c2cc3ccccc3o2)cs1. The Labute approximate surface area is 171 Å². The number of para-hydroxylation sites is 1. The molecule has 0 atom stereocenters. The van der Waals surface area contributed by atoms with Gasteiger partial charge in [-0.15, -0.1) is 11.3 Å². The second kappa shape index (κ2) is 8.24. The van der Waals surface area contributed by atoms with Crippen LogP contribution in [0.25, 0.3) is 22.4 Å². The van der Waals surface area contributed by atoms with Gasteiger partial charge in [0.2, 0.25) is 0 Å². The Morgan fingerprint density at radius 2 is 1.86 bits per heavy atom. The van der Waals surface area contributed by atoms with Crippen LogP contribution in [0.15, 0.2) is 58.3 Å². The number of anilines is 1. The van der Waals surface area contributed by atoms with Gasteiger partial charge in [0.1, 0.15) is 22.8 Å². The van der Waals surface area contributed by atoms with E-state index in [-0.39, 0.29) is 5.96 Å².